The molecule has 0 aliphatic rings. The van der Waals surface area contributed by atoms with Gasteiger partial charge in [-0.2, -0.15) is 0 Å². The Morgan fingerprint density at radius 3 is 2.67 bits per heavy atom. The molecular weight excluding hydrogens is 314 g/mol. The number of hydrogen-bond acceptors (Lipinski definition) is 3. The lowest BCUT2D eigenvalue weighted by Gasteiger charge is -1.99. The van der Waals surface area contributed by atoms with Gasteiger partial charge in [0, 0.05) is 32.7 Å². The van der Waals surface area contributed by atoms with Gasteiger partial charge in [0.25, 0.3) is 0 Å². The third-order valence-corrected chi connectivity index (χ3v) is 4.78. The molecule has 0 aliphatic heterocycles. The SMILES string of the molecule is Clc1ccc(CNCc2cc(Br)cs2)s1. The summed E-state index contributed by atoms with van der Waals surface area (Å²) in [5.41, 5.74) is 0. The Hall–Kier alpha value is 0.130. The summed E-state index contributed by atoms with van der Waals surface area (Å²) in [6, 6.07) is 6.13. The number of halogens is 2. The molecule has 0 saturated heterocycles. The normalized spacial score (nSPS) is 10.8. The molecule has 15 heavy (non-hydrogen) atoms. The van der Waals surface area contributed by atoms with Gasteiger partial charge >= 0.3 is 0 Å². The molecule has 0 spiro atoms. The van der Waals surface area contributed by atoms with Crippen molar-refractivity contribution >= 4 is 50.2 Å². The zero-order valence-corrected chi connectivity index (χ0v) is 11.8. The van der Waals surface area contributed by atoms with Gasteiger partial charge in [0.05, 0.1) is 4.34 Å². The van der Waals surface area contributed by atoms with Crippen molar-refractivity contribution in [3.8, 4) is 0 Å². The van der Waals surface area contributed by atoms with Crippen LogP contribution in [0, 0.1) is 0 Å². The molecule has 0 aromatic carbocycles. The molecule has 1 nitrogen and oxygen atoms in total. The van der Waals surface area contributed by atoms with Gasteiger partial charge in [0.1, 0.15) is 0 Å². The van der Waals surface area contributed by atoms with E-state index in [-0.39, 0.29) is 0 Å². The van der Waals surface area contributed by atoms with E-state index in [4.69, 9.17) is 11.6 Å². The van der Waals surface area contributed by atoms with E-state index >= 15 is 0 Å². The van der Waals surface area contributed by atoms with E-state index in [1.54, 1.807) is 22.7 Å². The Labute approximate surface area is 110 Å². The minimum absolute atomic E-state index is 0.852. The van der Waals surface area contributed by atoms with Crippen LogP contribution in [0.25, 0.3) is 0 Å². The maximum absolute atomic E-state index is 5.85. The van der Waals surface area contributed by atoms with Crippen LogP contribution in [0.1, 0.15) is 9.75 Å². The first kappa shape index (κ1) is 11.6. The van der Waals surface area contributed by atoms with Gasteiger partial charge in [-0.3, -0.25) is 0 Å². The predicted octanol–water partition coefficient (Wildman–Crippen LogP) is 4.52. The quantitative estimate of drug-likeness (QED) is 0.873. The molecule has 0 unspecified atom stereocenters. The lowest BCUT2D eigenvalue weighted by Crippen LogP contribution is -2.10. The van der Waals surface area contributed by atoms with Gasteiger partial charge in [-0.15, -0.1) is 22.7 Å². The van der Waals surface area contributed by atoms with E-state index < -0.39 is 0 Å². The van der Waals surface area contributed by atoms with Crippen molar-refractivity contribution < 1.29 is 0 Å². The Bertz CT molecular complexity index is 398. The summed E-state index contributed by atoms with van der Waals surface area (Å²) in [5.74, 6) is 0. The first-order valence-electron chi connectivity index (χ1n) is 4.42. The molecule has 0 amide bonds. The topological polar surface area (TPSA) is 12.0 Å². The number of rotatable bonds is 4. The predicted molar refractivity (Wildman–Crippen MR) is 71.9 cm³/mol. The van der Waals surface area contributed by atoms with Crippen LogP contribution in [0.15, 0.2) is 28.1 Å². The van der Waals surface area contributed by atoms with Gasteiger partial charge in [0.2, 0.25) is 0 Å². The van der Waals surface area contributed by atoms with Crippen LogP contribution in [0.3, 0.4) is 0 Å². The summed E-state index contributed by atoms with van der Waals surface area (Å²) in [5, 5.41) is 5.48. The maximum atomic E-state index is 5.85. The molecule has 2 heterocycles. The summed E-state index contributed by atoms with van der Waals surface area (Å²) >= 11 is 12.7. The molecule has 1 N–H and O–H groups in total. The summed E-state index contributed by atoms with van der Waals surface area (Å²) in [6.07, 6.45) is 0. The Morgan fingerprint density at radius 1 is 1.27 bits per heavy atom. The van der Waals surface area contributed by atoms with Crippen LogP contribution in [0.2, 0.25) is 4.34 Å². The van der Waals surface area contributed by atoms with E-state index in [1.165, 1.54) is 9.75 Å². The molecule has 2 aromatic rings. The summed E-state index contributed by atoms with van der Waals surface area (Å²) in [4.78, 5) is 2.61. The Morgan fingerprint density at radius 2 is 2.07 bits per heavy atom. The van der Waals surface area contributed by atoms with Crippen LogP contribution < -0.4 is 5.32 Å². The zero-order valence-electron chi connectivity index (χ0n) is 7.80. The minimum Gasteiger partial charge on any atom is -0.307 e. The molecule has 80 valence electrons. The van der Waals surface area contributed by atoms with Crippen LogP contribution >= 0.6 is 50.2 Å². The second-order valence-electron chi connectivity index (χ2n) is 3.04. The van der Waals surface area contributed by atoms with Gasteiger partial charge in [-0.1, -0.05) is 11.6 Å². The van der Waals surface area contributed by atoms with E-state index in [2.05, 4.69) is 38.8 Å². The molecule has 0 bridgehead atoms. The summed E-state index contributed by atoms with van der Waals surface area (Å²) < 4.78 is 2.01. The second-order valence-corrected chi connectivity index (χ2v) is 6.75. The average molecular weight is 323 g/mol. The van der Waals surface area contributed by atoms with Crippen molar-refractivity contribution in [2.75, 3.05) is 0 Å². The minimum atomic E-state index is 0.852. The first-order chi connectivity index (χ1) is 7.24. The van der Waals surface area contributed by atoms with Crippen LogP contribution in [-0.2, 0) is 13.1 Å². The molecule has 0 aliphatic carbocycles. The van der Waals surface area contributed by atoms with Crippen molar-refractivity contribution in [3.05, 3.63) is 42.1 Å². The van der Waals surface area contributed by atoms with Crippen molar-refractivity contribution in [1.82, 2.24) is 5.32 Å². The molecule has 5 heteroatoms. The Kier molecular flexibility index (Phi) is 4.22. The standard InChI is InChI=1S/C10H9BrClNS2/c11-7-3-9(14-6-7)5-13-4-8-1-2-10(12)15-8/h1-3,6,13H,4-5H2. The molecule has 0 radical (unpaired) electrons. The van der Waals surface area contributed by atoms with Gasteiger partial charge in [0.15, 0.2) is 0 Å². The fraction of sp³-hybridized carbons (Fsp3) is 0.200. The highest BCUT2D eigenvalue weighted by Gasteiger charge is 1.99. The van der Waals surface area contributed by atoms with Crippen molar-refractivity contribution in [2.45, 2.75) is 13.1 Å². The van der Waals surface area contributed by atoms with E-state index in [1.807, 2.05) is 6.07 Å². The number of hydrogen-bond donors (Lipinski definition) is 1. The first-order valence-corrected chi connectivity index (χ1v) is 7.28. The largest absolute Gasteiger partial charge is 0.307 e. The number of thiophene rings is 2. The maximum Gasteiger partial charge on any atom is 0.0931 e. The average Bonchev–Trinajstić information content (AvgIpc) is 2.76. The number of nitrogens with one attached hydrogen (secondary N) is 1. The molecule has 0 fully saturated rings. The second kappa shape index (κ2) is 5.46. The lowest BCUT2D eigenvalue weighted by atomic mass is 10.4. The monoisotopic (exact) mass is 321 g/mol. The molecule has 0 saturated carbocycles. The van der Waals surface area contributed by atoms with Gasteiger partial charge < -0.3 is 5.32 Å². The fourth-order valence-electron chi connectivity index (χ4n) is 1.20. The van der Waals surface area contributed by atoms with Gasteiger partial charge in [-0.25, -0.2) is 0 Å². The molecule has 0 atom stereocenters. The lowest BCUT2D eigenvalue weighted by molar-refractivity contribution is 0.709. The fourth-order valence-corrected chi connectivity index (χ4v) is 3.68. The summed E-state index contributed by atoms with van der Waals surface area (Å²) in [6.45, 7) is 1.79. The highest BCUT2D eigenvalue weighted by atomic mass is 79.9. The van der Waals surface area contributed by atoms with Crippen molar-refractivity contribution in [3.63, 3.8) is 0 Å². The van der Waals surface area contributed by atoms with E-state index in [0.717, 1.165) is 21.9 Å². The third-order valence-electron chi connectivity index (χ3n) is 1.85. The van der Waals surface area contributed by atoms with Crippen LogP contribution in [0.5, 0.6) is 0 Å². The molecule has 2 aromatic heterocycles. The van der Waals surface area contributed by atoms with Crippen LogP contribution in [-0.4, -0.2) is 0 Å². The third kappa shape index (κ3) is 3.57. The Balaban J connectivity index is 1.80. The van der Waals surface area contributed by atoms with Gasteiger partial charge in [-0.05, 0) is 34.1 Å². The van der Waals surface area contributed by atoms with E-state index in [9.17, 15) is 0 Å². The molecule has 2 rings (SSSR count). The molecular formula is C10H9BrClNS2. The highest BCUT2D eigenvalue weighted by Crippen LogP contribution is 2.22. The summed E-state index contributed by atoms with van der Waals surface area (Å²) in [7, 11) is 0. The van der Waals surface area contributed by atoms with Crippen LogP contribution in [0.4, 0.5) is 0 Å². The smallest absolute Gasteiger partial charge is 0.0931 e. The van der Waals surface area contributed by atoms with Crippen molar-refractivity contribution in [1.29, 1.82) is 0 Å². The highest BCUT2D eigenvalue weighted by molar-refractivity contribution is 9.10. The van der Waals surface area contributed by atoms with E-state index in [0.29, 0.717) is 0 Å². The zero-order chi connectivity index (χ0) is 10.7. The van der Waals surface area contributed by atoms with Crippen molar-refractivity contribution in [2.24, 2.45) is 0 Å².